The lowest BCUT2D eigenvalue weighted by Crippen LogP contribution is -1.83. The van der Waals surface area contributed by atoms with Crippen molar-refractivity contribution >= 4 is 0 Å². The van der Waals surface area contributed by atoms with Crippen molar-refractivity contribution in [1.29, 1.82) is 0 Å². The maximum Gasteiger partial charge on any atom is -0.00200 e. The normalized spacial score (nSPS) is 13.5. The molecule has 0 fully saturated rings. The fourth-order valence-electron chi connectivity index (χ4n) is 1.28. The predicted octanol–water partition coefficient (Wildman–Crippen LogP) is 2.71. The lowest BCUT2D eigenvalue weighted by Gasteiger charge is -2.01. The summed E-state index contributed by atoms with van der Waals surface area (Å²) in [4.78, 5) is 0. The molecule has 0 atom stereocenters. The Balaban J connectivity index is 2.39. The van der Waals surface area contributed by atoms with E-state index in [9.17, 15) is 0 Å². The van der Waals surface area contributed by atoms with Crippen LogP contribution in [-0.4, -0.2) is 0 Å². The first-order valence-electron chi connectivity index (χ1n) is 3.89. The highest BCUT2D eigenvalue weighted by molar-refractivity contribution is 5.47. The van der Waals surface area contributed by atoms with E-state index in [4.69, 9.17) is 0 Å². The van der Waals surface area contributed by atoms with Crippen LogP contribution in [0, 0.1) is 0 Å². The van der Waals surface area contributed by atoms with Crippen molar-refractivity contribution in [2.45, 2.75) is 26.2 Å². The molecule has 0 N–H and O–H groups in total. The quantitative estimate of drug-likeness (QED) is 0.559. The summed E-state index contributed by atoms with van der Waals surface area (Å²) in [6.07, 6.45) is 1.24. The van der Waals surface area contributed by atoms with Crippen molar-refractivity contribution in [1.82, 2.24) is 0 Å². The summed E-state index contributed by atoms with van der Waals surface area (Å²) >= 11 is 0. The Morgan fingerprint density at radius 3 is 2.60 bits per heavy atom. The van der Waals surface area contributed by atoms with E-state index in [-0.39, 0.29) is 0 Å². The third kappa shape index (κ3) is 0.841. The van der Waals surface area contributed by atoms with Crippen LogP contribution in [0.15, 0.2) is 18.2 Å². The molecule has 0 unspecified atom stereocenters. The third-order valence-electron chi connectivity index (χ3n) is 2.15. The van der Waals surface area contributed by atoms with Crippen LogP contribution in [0.1, 0.15) is 36.5 Å². The summed E-state index contributed by atoms with van der Waals surface area (Å²) in [6.45, 7) is 4.48. The van der Waals surface area contributed by atoms with Crippen LogP contribution in [0.5, 0.6) is 0 Å². The Morgan fingerprint density at radius 2 is 2.00 bits per heavy atom. The van der Waals surface area contributed by atoms with Gasteiger partial charge in [-0.1, -0.05) is 32.0 Å². The number of rotatable bonds is 1. The van der Waals surface area contributed by atoms with Gasteiger partial charge in [0.15, 0.2) is 0 Å². The minimum atomic E-state index is 0.686. The van der Waals surface area contributed by atoms with Crippen LogP contribution in [0.4, 0.5) is 0 Å². The van der Waals surface area contributed by atoms with Crippen LogP contribution >= 0.6 is 0 Å². The van der Waals surface area contributed by atoms with Gasteiger partial charge in [-0.3, -0.25) is 0 Å². The van der Waals surface area contributed by atoms with Crippen molar-refractivity contribution in [3.05, 3.63) is 34.9 Å². The van der Waals surface area contributed by atoms with Crippen molar-refractivity contribution in [2.75, 3.05) is 0 Å². The molecule has 1 aromatic carbocycles. The highest BCUT2D eigenvalue weighted by Crippen LogP contribution is 2.30. The van der Waals surface area contributed by atoms with E-state index in [1.807, 2.05) is 0 Å². The zero-order chi connectivity index (χ0) is 7.14. The van der Waals surface area contributed by atoms with Crippen molar-refractivity contribution in [2.24, 2.45) is 0 Å². The smallest absolute Gasteiger partial charge is 0.00200 e. The standard InChI is InChI=1S/C10H12/c1-7(2)8-3-4-9-6-10(9)5-8/h3-5,7H,6H2,1-2H3. The highest BCUT2D eigenvalue weighted by Gasteiger charge is 2.16. The van der Waals surface area contributed by atoms with Gasteiger partial charge in [-0.25, -0.2) is 0 Å². The SMILES string of the molecule is CC(C)c1ccc2c(c1)C2. The molecule has 0 spiro atoms. The monoisotopic (exact) mass is 132 g/mol. The van der Waals surface area contributed by atoms with Crippen LogP contribution in [0.25, 0.3) is 0 Å². The maximum atomic E-state index is 2.33. The fourth-order valence-corrected chi connectivity index (χ4v) is 1.28. The van der Waals surface area contributed by atoms with Crippen molar-refractivity contribution in [3.8, 4) is 0 Å². The summed E-state index contributed by atoms with van der Waals surface area (Å²) in [7, 11) is 0. The van der Waals surface area contributed by atoms with Gasteiger partial charge in [0.05, 0.1) is 0 Å². The van der Waals surface area contributed by atoms with Gasteiger partial charge in [0, 0.05) is 0 Å². The van der Waals surface area contributed by atoms with Gasteiger partial charge in [-0.2, -0.15) is 0 Å². The summed E-state index contributed by atoms with van der Waals surface area (Å²) in [5.41, 5.74) is 4.59. The molecule has 0 saturated carbocycles. The van der Waals surface area contributed by atoms with Crippen LogP contribution < -0.4 is 0 Å². The summed E-state index contributed by atoms with van der Waals surface area (Å²) in [5, 5.41) is 0. The number of hydrogen-bond acceptors (Lipinski definition) is 0. The molecule has 0 bridgehead atoms. The van der Waals surface area contributed by atoms with E-state index in [0.717, 1.165) is 0 Å². The predicted molar refractivity (Wildman–Crippen MR) is 43.3 cm³/mol. The highest BCUT2D eigenvalue weighted by atomic mass is 14.2. The average Bonchev–Trinajstić information content (AvgIpc) is 2.63. The molecule has 10 heavy (non-hydrogen) atoms. The van der Waals surface area contributed by atoms with E-state index in [2.05, 4.69) is 32.0 Å². The molecule has 0 heterocycles. The van der Waals surface area contributed by atoms with E-state index in [0.29, 0.717) is 5.92 Å². The molecule has 0 nitrogen and oxygen atoms in total. The van der Waals surface area contributed by atoms with Crippen LogP contribution in [-0.2, 0) is 6.42 Å². The first-order valence-corrected chi connectivity index (χ1v) is 3.89. The molecule has 0 saturated heterocycles. The molecule has 0 aromatic heterocycles. The average molecular weight is 132 g/mol. The molecule has 0 amide bonds. The Hall–Kier alpha value is -0.780. The zero-order valence-electron chi connectivity index (χ0n) is 6.52. The second-order valence-corrected chi connectivity index (χ2v) is 3.36. The molecule has 0 aliphatic heterocycles. The summed E-state index contributed by atoms with van der Waals surface area (Å²) in [6, 6.07) is 6.83. The molecule has 0 radical (unpaired) electrons. The van der Waals surface area contributed by atoms with E-state index in [1.54, 1.807) is 11.1 Å². The fraction of sp³-hybridized carbons (Fsp3) is 0.400. The number of benzene rings is 1. The van der Waals surface area contributed by atoms with Gasteiger partial charge >= 0.3 is 0 Å². The summed E-state index contributed by atoms with van der Waals surface area (Å²) < 4.78 is 0. The molecule has 52 valence electrons. The Kier molecular flexibility index (Phi) is 1.10. The number of hydrogen-bond donors (Lipinski definition) is 0. The van der Waals surface area contributed by atoms with Crippen LogP contribution in [0.2, 0.25) is 0 Å². The van der Waals surface area contributed by atoms with Crippen LogP contribution in [0.3, 0.4) is 0 Å². The number of fused-ring (bicyclic) bond motifs is 1. The Morgan fingerprint density at radius 1 is 1.20 bits per heavy atom. The minimum absolute atomic E-state index is 0.686. The molecular formula is C10H12. The Labute approximate surface area is 61.9 Å². The van der Waals surface area contributed by atoms with Gasteiger partial charge in [0.2, 0.25) is 0 Å². The molecule has 0 heteroatoms. The molecule has 1 aliphatic rings. The van der Waals surface area contributed by atoms with Crippen molar-refractivity contribution < 1.29 is 0 Å². The lowest BCUT2D eigenvalue weighted by molar-refractivity contribution is 0.867. The van der Waals surface area contributed by atoms with Gasteiger partial charge in [0.25, 0.3) is 0 Å². The van der Waals surface area contributed by atoms with E-state index >= 15 is 0 Å². The molecule has 1 aromatic rings. The summed E-state index contributed by atoms with van der Waals surface area (Å²) in [5.74, 6) is 0.686. The largest absolute Gasteiger partial charge is 0.0587 e. The molecule has 2 rings (SSSR count). The van der Waals surface area contributed by atoms with Gasteiger partial charge in [-0.05, 0) is 29.0 Å². The van der Waals surface area contributed by atoms with Gasteiger partial charge in [0.1, 0.15) is 0 Å². The lowest BCUT2D eigenvalue weighted by atomic mass is 10.0. The van der Waals surface area contributed by atoms with Crippen molar-refractivity contribution in [3.63, 3.8) is 0 Å². The molecular weight excluding hydrogens is 120 g/mol. The third-order valence-corrected chi connectivity index (χ3v) is 2.15. The second kappa shape index (κ2) is 1.85. The topological polar surface area (TPSA) is 0 Å². The maximum absolute atomic E-state index is 2.33. The van der Waals surface area contributed by atoms with E-state index in [1.165, 1.54) is 12.0 Å². The zero-order valence-corrected chi connectivity index (χ0v) is 6.52. The van der Waals surface area contributed by atoms with E-state index < -0.39 is 0 Å². The first kappa shape index (κ1) is 5.96. The minimum Gasteiger partial charge on any atom is -0.0587 e. The van der Waals surface area contributed by atoms with Gasteiger partial charge in [-0.15, -0.1) is 0 Å². The Bertz CT molecular complexity index is 259. The molecule has 1 aliphatic carbocycles. The van der Waals surface area contributed by atoms with Gasteiger partial charge < -0.3 is 0 Å². The second-order valence-electron chi connectivity index (χ2n) is 3.36. The first-order chi connectivity index (χ1) is 4.77.